The standard InChI is InChI=1S/C10H20N2O3S/c1-12(7-5-9(13)14)10(15)11-6-3-4-8-16-2/h3-8H2,1-2H3,(H,11,15)(H,13,14). The van der Waals surface area contributed by atoms with E-state index in [1.54, 1.807) is 18.8 Å². The predicted octanol–water partition coefficient (Wildman–Crippen LogP) is 1.25. The number of hydrogen-bond acceptors (Lipinski definition) is 3. The number of rotatable bonds is 8. The van der Waals surface area contributed by atoms with E-state index < -0.39 is 5.97 Å². The summed E-state index contributed by atoms with van der Waals surface area (Å²) in [5.41, 5.74) is 0. The Morgan fingerprint density at radius 3 is 2.62 bits per heavy atom. The van der Waals surface area contributed by atoms with Crippen LogP contribution in [0.25, 0.3) is 0 Å². The molecule has 0 aliphatic heterocycles. The van der Waals surface area contributed by atoms with E-state index in [0.29, 0.717) is 6.54 Å². The molecule has 0 aromatic rings. The van der Waals surface area contributed by atoms with Gasteiger partial charge in [0.2, 0.25) is 0 Å². The van der Waals surface area contributed by atoms with E-state index >= 15 is 0 Å². The van der Waals surface area contributed by atoms with Crippen molar-refractivity contribution < 1.29 is 14.7 Å². The van der Waals surface area contributed by atoms with Crippen LogP contribution in [0.2, 0.25) is 0 Å². The first-order chi connectivity index (χ1) is 7.57. The number of aliphatic carboxylic acids is 1. The summed E-state index contributed by atoms with van der Waals surface area (Å²) in [6.07, 6.45) is 4.08. The van der Waals surface area contributed by atoms with Crippen LogP contribution < -0.4 is 5.32 Å². The molecule has 0 saturated heterocycles. The van der Waals surface area contributed by atoms with Crippen LogP contribution in [0, 0.1) is 0 Å². The Bertz CT molecular complexity index is 224. The summed E-state index contributed by atoms with van der Waals surface area (Å²) in [5.74, 6) is 0.213. The molecular formula is C10H20N2O3S. The molecule has 0 aromatic carbocycles. The van der Waals surface area contributed by atoms with Crippen molar-refractivity contribution >= 4 is 23.8 Å². The fraction of sp³-hybridized carbons (Fsp3) is 0.800. The molecule has 0 fully saturated rings. The smallest absolute Gasteiger partial charge is 0.317 e. The van der Waals surface area contributed by atoms with Gasteiger partial charge in [0.1, 0.15) is 0 Å². The van der Waals surface area contributed by atoms with E-state index in [1.165, 1.54) is 4.90 Å². The highest BCUT2D eigenvalue weighted by Crippen LogP contribution is 1.98. The van der Waals surface area contributed by atoms with Gasteiger partial charge in [0.05, 0.1) is 6.42 Å². The van der Waals surface area contributed by atoms with Crippen molar-refractivity contribution in [1.29, 1.82) is 0 Å². The number of carboxylic acids is 1. The molecule has 0 aromatic heterocycles. The molecule has 94 valence electrons. The molecule has 0 aliphatic rings. The molecule has 0 unspecified atom stereocenters. The van der Waals surface area contributed by atoms with E-state index in [-0.39, 0.29) is 19.0 Å². The van der Waals surface area contributed by atoms with Gasteiger partial charge in [-0.1, -0.05) is 0 Å². The molecule has 16 heavy (non-hydrogen) atoms. The second kappa shape index (κ2) is 9.33. The quantitative estimate of drug-likeness (QED) is 0.634. The third-order valence-electron chi connectivity index (χ3n) is 2.06. The zero-order valence-electron chi connectivity index (χ0n) is 9.86. The maximum atomic E-state index is 11.4. The summed E-state index contributed by atoms with van der Waals surface area (Å²) in [6, 6.07) is -0.203. The van der Waals surface area contributed by atoms with Crippen LogP contribution in [0.15, 0.2) is 0 Å². The van der Waals surface area contributed by atoms with Crippen molar-refractivity contribution in [2.45, 2.75) is 19.3 Å². The number of urea groups is 1. The lowest BCUT2D eigenvalue weighted by Gasteiger charge is -2.16. The molecule has 2 N–H and O–H groups in total. The van der Waals surface area contributed by atoms with Crippen molar-refractivity contribution in [1.82, 2.24) is 10.2 Å². The fourth-order valence-corrected chi connectivity index (χ4v) is 1.56. The van der Waals surface area contributed by atoms with Gasteiger partial charge < -0.3 is 15.3 Å². The van der Waals surface area contributed by atoms with Gasteiger partial charge in [0, 0.05) is 20.1 Å². The Balaban J connectivity index is 3.51. The van der Waals surface area contributed by atoms with Crippen molar-refractivity contribution in [3.8, 4) is 0 Å². The highest BCUT2D eigenvalue weighted by molar-refractivity contribution is 7.98. The Labute approximate surface area is 101 Å². The van der Waals surface area contributed by atoms with Gasteiger partial charge >= 0.3 is 12.0 Å². The average molecular weight is 248 g/mol. The van der Waals surface area contributed by atoms with E-state index in [0.717, 1.165) is 18.6 Å². The minimum absolute atomic E-state index is 0.0175. The molecule has 0 aliphatic carbocycles. The second-order valence-electron chi connectivity index (χ2n) is 3.50. The molecule has 0 radical (unpaired) electrons. The molecule has 5 nitrogen and oxygen atoms in total. The van der Waals surface area contributed by atoms with E-state index in [1.807, 2.05) is 0 Å². The molecule has 0 saturated carbocycles. The van der Waals surface area contributed by atoms with E-state index in [4.69, 9.17) is 5.11 Å². The number of hydrogen-bond donors (Lipinski definition) is 2. The van der Waals surface area contributed by atoms with Crippen LogP contribution >= 0.6 is 11.8 Å². The molecule has 0 spiro atoms. The van der Waals surface area contributed by atoms with E-state index in [9.17, 15) is 9.59 Å². The maximum absolute atomic E-state index is 11.4. The monoisotopic (exact) mass is 248 g/mol. The minimum Gasteiger partial charge on any atom is -0.481 e. The largest absolute Gasteiger partial charge is 0.481 e. The van der Waals surface area contributed by atoms with Gasteiger partial charge in [-0.2, -0.15) is 11.8 Å². The summed E-state index contributed by atoms with van der Waals surface area (Å²) in [4.78, 5) is 23.1. The summed E-state index contributed by atoms with van der Waals surface area (Å²) in [6.45, 7) is 0.892. The summed E-state index contributed by atoms with van der Waals surface area (Å²) < 4.78 is 0. The lowest BCUT2D eigenvalue weighted by molar-refractivity contribution is -0.137. The topological polar surface area (TPSA) is 69.6 Å². The molecular weight excluding hydrogens is 228 g/mol. The third kappa shape index (κ3) is 8.40. The van der Waals surface area contributed by atoms with Crippen LogP contribution in [0.5, 0.6) is 0 Å². The number of nitrogens with one attached hydrogen (secondary N) is 1. The van der Waals surface area contributed by atoms with Crippen molar-refractivity contribution in [2.24, 2.45) is 0 Å². The van der Waals surface area contributed by atoms with Gasteiger partial charge in [0.25, 0.3) is 0 Å². The molecule has 0 rings (SSSR count). The van der Waals surface area contributed by atoms with Gasteiger partial charge in [-0.05, 0) is 24.9 Å². The molecule has 0 heterocycles. The zero-order chi connectivity index (χ0) is 12.4. The average Bonchev–Trinajstić information content (AvgIpc) is 2.25. The van der Waals surface area contributed by atoms with Crippen molar-refractivity contribution in [2.75, 3.05) is 32.1 Å². The van der Waals surface area contributed by atoms with Gasteiger partial charge in [-0.15, -0.1) is 0 Å². The Hall–Kier alpha value is -0.910. The first-order valence-corrected chi connectivity index (χ1v) is 6.67. The minimum atomic E-state index is -0.889. The Kier molecular flexibility index (Phi) is 8.80. The van der Waals surface area contributed by atoms with Crippen LogP contribution in [-0.2, 0) is 4.79 Å². The summed E-state index contributed by atoms with van der Waals surface area (Å²) in [7, 11) is 1.60. The summed E-state index contributed by atoms with van der Waals surface area (Å²) >= 11 is 1.79. The number of carbonyl (C=O) groups excluding carboxylic acids is 1. The van der Waals surface area contributed by atoms with Crippen LogP contribution in [-0.4, -0.2) is 54.2 Å². The van der Waals surface area contributed by atoms with Gasteiger partial charge in [-0.3, -0.25) is 4.79 Å². The number of amides is 2. The predicted molar refractivity (Wildman–Crippen MR) is 65.9 cm³/mol. The lowest BCUT2D eigenvalue weighted by Crippen LogP contribution is -2.38. The summed E-state index contributed by atoms with van der Waals surface area (Å²) in [5, 5.41) is 11.2. The lowest BCUT2D eigenvalue weighted by atomic mass is 10.3. The maximum Gasteiger partial charge on any atom is 0.317 e. The Morgan fingerprint density at radius 2 is 2.06 bits per heavy atom. The number of unbranched alkanes of at least 4 members (excludes halogenated alkanes) is 1. The van der Waals surface area contributed by atoms with Crippen LogP contribution in [0.1, 0.15) is 19.3 Å². The van der Waals surface area contributed by atoms with Crippen molar-refractivity contribution in [3.63, 3.8) is 0 Å². The van der Waals surface area contributed by atoms with Crippen molar-refractivity contribution in [3.05, 3.63) is 0 Å². The number of carbonyl (C=O) groups is 2. The highest BCUT2D eigenvalue weighted by atomic mass is 32.2. The van der Waals surface area contributed by atoms with Gasteiger partial charge in [0.15, 0.2) is 0 Å². The first kappa shape index (κ1) is 15.1. The molecule has 0 bridgehead atoms. The van der Waals surface area contributed by atoms with Crippen LogP contribution in [0.4, 0.5) is 4.79 Å². The number of thioether (sulfide) groups is 1. The zero-order valence-corrected chi connectivity index (χ0v) is 10.7. The Morgan fingerprint density at radius 1 is 1.38 bits per heavy atom. The van der Waals surface area contributed by atoms with E-state index in [2.05, 4.69) is 11.6 Å². The molecule has 0 atom stereocenters. The fourth-order valence-electron chi connectivity index (χ4n) is 1.07. The number of carboxylic acid groups (broad SMARTS) is 1. The third-order valence-corrected chi connectivity index (χ3v) is 2.76. The first-order valence-electron chi connectivity index (χ1n) is 5.27. The SMILES string of the molecule is CSCCCCNC(=O)N(C)CCC(=O)O. The normalized spacial score (nSPS) is 9.88. The molecule has 2 amide bonds. The molecule has 6 heteroatoms. The number of nitrogens with zero attached hydrogens (tertiary/aromatic N) is 1. The second-order valence-corrected chi connectivity index (χ2v) is 4.48. The van der Waals surface area contributed by atoms with Crippen LogP contribution in [0.3, 0.4) is 0 Å². The highest BCUT2D eigenvalue weighted by Gasteiger charge is 2.08. The van der Waals surface area contributed by atoms with Gasteiger partial charge in [-0.25, -0.2) is 4.79 Å².